The molecule has 9 nitrogen and oxygen atoms in total. The van der Waals surface area contributed by atoms with E-state index in [1.807, 2.05) is 10.7 Å². The smallest absolute Gasteiger partial charge is 0.321 e. The molecule has 0 amide bonds. The average molecular weight is 318 g/mol. The predicted octanol–water partition coefficient (Wildman–Crippen LogP) is 0.435. The number of piperidine rings is 1. The fraction of sp³-hybridized carbons (Fsp3) is 0.571. The molecule has 2 atom stereocenters. The van der Waals surface area contributed by atoms with E-state index in [4.69, 9.17) is 14.2 Å². The number of hydrogen-bond acceptors (Lipinski definition) is 8. The van der Waals surface area contributed by atoms with E-state index in [0.29, 0.717) is 18.5 Å². The molecular weight excluding hydrogens is 300 g/mol. The van der Waals surface area contributed by atoms with Crippen LogP contribution in [0.2, 0.25) is 0 Å². The molecule has 2 aliphatic rings. The normalized spacial score (nSPS) is 23.1. The van der Waals surface area contributed by atoms with Crippen LogP contribution in [0.5, 0.6) is 11.9 Å². The van der Waals surface area contributed by atoms with Crippen molar-refractivity contribution in [3.63, 3.8) is 0 Å². The van der Waals surface area contributed by atoms with Gasteiger partial charge in [0.15, 0.2) is 0 Å². The lowest BCUT2D eigenvalue weighted by Gasteiger charge is -2.41. The zero-order valence-electron chi connectivity index (χ0n) is 13.0. The molecule has 4 heterocycles. The third-order valence-corrected chi connectivity index (χ3v) is 4.32. The highest BCUT2D eigenvalue weighted by Crippen LogP contribution is 2.33. The number of fused-ring (bicyclic) bond motifs is 3. The molecule has 1 fully saturated rings. The summed E-state index contributed by atoms with van der Waals surface area (Å²) in [6.07, 6.45) is 2.74. The van der Waals surface area contributed by atoms with Crippen molar-refractivity contribution in [2.45, 2.75) is 25.2 Å². The molecule has 0 unspecified atom stereocenters. The first-order chi connectivity index (χ1) is 11.3. The summed E-state index contributed by atoms with van der Waals surface area (Å²) in [4.78, 5) is 10.7. The number of rotatable bonds is 3. The molecule has 9 heteroatoms. The Morgan fingerprint density at radius 3 is 3.00 bits per heavy atom. The first kappa shape index (κ1) is 14.2. The van der Waals surface area contributed by atoms with Gasteiger partial charge in [0, 0.05) is 19.2 Å². The van der Waals surface area contributed by atoms with Crippen molar-refractivity contribution < 1.29 is 14.2 Å². The Labute approximate surface area is 133 Å². The standard InChI is InChI=1S/C14H18N6O3/c1-21-13-5-12(16-14(17-13)22-2)19-4-3-10-11(7-19)23-8-9-6-15-18-20(9)10/h5-6,10-11H,3-4,7-8H2,1-2H3/t10-,11-/m0/s1. The molecule has 2 aromatic heterocycles. The molecule has 23 heavy (non-hydrogen) atoms. The third kappa shape index (κ3) is 2.46. The summed E-state index contributed by atoms with van der Waals surface area (Å²) in [6, 6.07) is 2.33. The summed E-state index contributed by atoms with van der Waals surface area (Å²) >= 11 is 0. The van der Waals surface area contributed by atoms with Gasteiger partial charge in [-0.25, -0.2) is 4.68 Å². The molecule has 2 aliphatic heterocycles. The zero-order chi connectivity index (χ0) is 15.8. The van der Waals surface area contributed by atoms with Gasteiger partial charge in [0.25, 0.3) is 0 Å². The van der Waals surface area contributed by atoms with Gasteiger partial charge in [0.1, 0.15) is 5.82 Å². The maximum atomic E-state index is 5.98. The van der Waals surface area contributed by atoms with Crippen molar-refractivity contribution in [2.75, 3.05) is 32.2 Å². The van der Waals surface area contributed by atoms with Crippen LogP contribution < -0.4 is 14.4 Å². The van der Waals surface area contributed by atoms with Crippen LogP contribution in [0.1, 0.15) is 18.2 Å². The summed E-state index contributed by atoms with van der Waals surface area (Å²) in [5, 5.41) is 8.18. The maximum Gasteiger partial charge on any atom is 0.321 e. The van der Waals surface area contributed by atoms with E-state index in [2.05, 4.69) is 25.2 Å². The molecule has 0 aliphatic carbocycles. The van der Waals surface area contributed by atoms with Gasteiger partial charge in [0.2, 0.25) is 5.88 Å². The van der Waals surface area contributed by atoms with Gasteiger partial charge in [0.05, 0.1) is 44.9 Å². The largest absolute Gasteiger partial charge is 0.481 e. The zero-order valence-corrected chi connectivity index (χ0v) is 13.0. The Hall–Kier alpha value is -2.42. The predicted molar refractivity (Wildman–Crippen MR) is 79.6 cm³/mol. The van der Waals surface area contributed by atoms with Crippen LogP contribution in [0.15, 0.2) is 12.3 Å². The second kappa shape index (κ2) is 5.65. The van der Waals surface area contributed by atoms with Gasteiger partial charge in [-0.15, -0.1) is 5.10 Å². The van der Waals surface area contributed by atoms with Crippen LogP contribution in [0.25, 0.3) is 0 Å². The van der Waals surface area contributed by atoms with Crippen molar-refractivity contribution >= 4 is 5.82 Å². The van der Waals surface area contributed by atoms with E-state index in [9.17, 15) is 0 Å². The average Bonchev–Trinajstić information content (AvgIpc) is 3.09. The number of nitrogens with zero attached hydrogens (tertiary/aromatic N) is 6. The molecule has 4 rings (SSSR count). The first-order valence-corrected chi connectivity index (χ1v) is 7.51. The maximum absolute atomic E-state index is 5.98. The number of aromatic nitrogens is 5. The minimum absolute atomic E-state index is 0.0601. The van der Waals surface area contributed by atoms with Crippen LogP contribution in [0.3, 0.4) is 0 Å². The minimum atomic E-state index is 0.0601. The van der Waals surface area contributed by atoms with E-state index in [1.165, 1.54) is 0 Å². The van der Waals surface area contributed by atoms with Crippen molar-refractivity contribution in [1.29, 1.82) is 0 Å². The highest BCUT2D eigenvalue weighted by molar-refractivity contribution is 5.43. The Bertz CT molecular complexity index is 683. The summed E-state index contributed by atoms with van der Waals surface area (Å²) in [5.41, 5.74) is 1.03. The molecule has 122 valence electrons. The Balaban J connectivity index is 1.57. The Morgan fingerprint density at radius 1 is 1.26 bits per heavy atom. The fourth-order valence-corrected chi connectivity index (χ4v) is 3.15. The van der Waals surface area contributed by atoms with Crippen LogP contribution >= 0.6 is 0 Å². The lowest BCUT2D eigenvalue weighted by Crippen LogP contribution is -2.48. The van der Waals surface area contributed by atoms with Crippen LogP contribution in [0, 0.1) is 0 Å². The second-order valence-corrected chi connectivity index (χ2v) is 5.58. The highest BCUT2D eigenvalue weighted by atomic mass is 16.5. The number of methoxy groups -OCH3 is 2. The second-order valence-electron chi connectivity index (χ2n) is 5.58. The number of anilines is 1. The highest BCUT2D eigenvalue weighted by Gasteiger charge is 2.37. The molecule has 0 radical (unpaired) electrons. The van der Waals surface area contributed by atoms with Crippen molar-refractivity contribution in [2.24, 2.45) is 0 Å². The lowest BCUT2D eigenvalue weighted by molar-refractivity contribution is -0.0335. The molecule has 1 saturated heterocycles. The van der Waals surface area contributed by atoms with Crippen molar-refractivity contribution in [3.8, 4) is 11.9 Å². The molecule has 0 saturated carbocycles. The summed E-state index contributed by atoms with van der Waals surface area (Å²) in [5.74, 6) is 1.26. The van der Waals surface area contributed by atoms with Gasteiger partial charge < -0.3 is 19.1 Å². The molecule has 0 bridgehead atoms. The third-order valence-electron chi connectivity index (χ3n) is 4.32. The summed E-state index contributed by atoms with van der Waals surface area (Å²) in [6.45, 7) is 2.11. The topological polar surface area (TPSA) is 87.4 Å². The lowest BCUT2D eigenvalue weighted by atomic mass is 10.0. The van der Waals surface area contributed by atoms with E-state index < -0.39 is 0 Å². The van der Waals surface area contributed by atoms with Crippen LogP contribution in [-0.2, 0) is 11.3 Å². The van der Waals surface area contributed by atoms with E-state index in [0.717, 1.165) is 31.0 Å². The van der Waals surface area contributed by atoms with E-state index in [-0.39, 0.29) is 12.1 Å². The minimum Gasteiger partial charge on any atom is -0.481 e. The van der Waals surface area contributed by atoms with Gasteiger partial charge in [-0.2, -0.15) is 9.97 Å². The first-order valence-electron chi connectivity index (χ1n) is 7.51. The summed E-state index contributed by atoms with van der Waals surface area (Å²) < 4.78 is 18.3. The molecule has 0 aromatic carbocycles. The number of hydrogen-bond donors (Lipinski definition) is 0. The van der Waals surface area contributed by atoms with Crippen LogP contribution in [-0.4, -0.2) is 58.4 Å². The SMILES string of the molecule is COc1cc(N2CC[C@H]3[C@H](C2)OCc2cnnn23)nc(OC)n1. The van der Waals surface area contributed by atoms with E-state index in [1.54, 1.807) is 20.4 Å². The van der Waals surface area contributed by atoms with E-state index >= 15 is 0 Å². The number of ether oxygens (including phenoxy) is 3. The van der Waals surface area contributed by atoms with Crippen LogP contribution in [0.4, 0.5) is 5.82 Å². The molecule has 2 aromatic rings. The Kier molecular flexibility index (Phi) is 3.49. The Morgan fingerprint density at radius 2 is 2.17 bits per heavy atom. The van der Waals surface area contributed by atoms with Gasteiger partial charge in [-0.05, 0) is 6.42 Å². The monoisotopic (exact) mass is 318 g/mol. The quantitative estimate of drug-likeness (QED) is 0.805. The molecule has 0 N–H and O–H groups in total. The van der Waals surface area contributed by atoms with Gasteiger partial charge in [-0.3, -0.25) is 0 Å². The van der Waals surface area contributed by atoms with Gasteiger partial charge in [-0.1, -0.05) is 5.21 Å². The molecule has 0 spiro atoms. The fourth-order valence-electron chi connectivity index (χ4n) is 3.15. The van der Waals surface area contributed by atoms with Crippen molar-refractivity contribution in [3.05, 3.63) is 18.0 Å². The summed E-state index contributed by atoms with van der Waals surface area (Å²) in [7, 11) is 3.12. The van der Waals surface area contributed by atoms with Gasteiger partial charge >= 0.3 is 6.01 Å². The molecular formula is C14H18N6O3. The van der Waals surface area contributed by atoms with Crippen molar-refractivity contribution in [1.82, 2.24) is 25.0 Å².